The first kappa shape index (κ1) is 14.0. The molecule has 3 rings (SSSR count). The van der Waals surface area contributed by atoms with Gasteiger partial charge in [0, 0.05) is 0 Å². The molecule has 0 spiro atoms. The fourth-order valence-electron chi connectivity index (χ4n) is 3.10. The first-order valence-electron chi connectivity index (χ1n) is 7.29. The Morgan fingerprint density at radius 3 is 2.19 bits per heavy atom. The number of benzene rings is 2. The summed E-state index contributed by atoms with van der Waals surface area (Å²) in [6, 6.07) is 10.2. The molecule has 2 aromatic rings. The minimum atomic E-state index is -0.151. The summed E-state index contributed by atoms with van der Waals surface area (Å²) < 4.78 is 11.2. The molecule has 1 aliphatic heterocycles. The van der Waals surface area contributed by atoms with Gasteiger partial charge in [-0.25, -0.2) is 0 Å². The fourth-order valence-corrected chi connectivity index (χ4v) is 3.10. The average molecular weight is 283 g/mol. The third-order valence-corrected chi connectivity index (χ3v) is 3.97. The Balaban J connectivity index is 2.01. The average Bonchev–Trinajstić information content (AvgIpc) is 2.45. The number of aryl methyl sites for hydroxylation is 3. The van der Waals surface area contributed by atoms with Crippen LogP contribution in [-0.4, -0.2) is 13.2 Å². The zero-order valence-corrected chi connectivity index (χ0v) is 12.8. The van der Waals surface area contributed by atoms with Crippen molar-refractivity contribution in [3.05, 3.63) is 58.1 Å². The Hall–Kier alpha value is -2.00. The second kappa shape index (κ2) is 5.41. The highest BCUT2D eigenvalue weighted by atomic mass is 16.6. The van der Waals surface area contributed by atoms with Crippen LogP contribution in [0.2, 0.25) is 0 Å². The van der Waals surface area contributed by atoms with E-state index in [-0.39, 0.29) is 6.04 Å². The van der Waals surface area contributed by atoms with Crippen LogP contribution in [-0.2, 0) is 0 Å². The number of nitrogens with two attached hydrogens (primary N) is 1. The highest BCUT2D eigenvalue weighted by Gasteiger charge is 2.18. The van der Waals surface area contributed by atoms with Gasteiger partial charge in [0.2, 0.25) is 0 Å². The van der Waals surface area contributed by atoms with Crippen molar-refractivity contribution in [3.63, 3.8) is 0 Å². The smallest absolute Gasteiger partial charge is 0.161 e. The van der Waals surface area contributed by atoms with E-state index in [1.54, 1.807) is 0 Å². The largest absolute Gasteiger partial charge is 0.486 e. The van der Waals surface area contributed by atoms with Gasteiger partial charge in [-0.05, 0) is 55.2 Å². The quantitative estimate of drug-likeness (QED) is 0.918. The first-order chi connectivity index (χ1) is 10.1. The summed E-state index contributed by atoms with van der Waals surface area (Å²) in [5.74, 6) is 1.59. The standard InChI is InChI=1S/C18H21NO2/c1-11-8-12(2)17(13(3)9-11)18(19)14-4-5-15-16(10-14)21-7-6-20-15/h4-5,8-10,18H,6-7,19H2,1-3H3. The predicted molar refractivity (Wildman–Crippen MR) is 84.1 cm³/mol. The number of hydrogen-bond acceptors (Lipinski definition) is 3. The van der Waals surface area contributed by atoms with Crippen molar-refractivity contribution in [2.24, 2.45) is 5.73 Å². The third-order valence-electron chi connectivity index (χ3n) is 3.97. The molecule has 1 atom stereocenters. The Bertz CT molecular complexity index is 656. The number of ether oxygens (including phenoxy) is 2. The highest BCUT2D eigenvalue weighted by Crippen LogP contribution is 2.35. The molecule has 1 heterocycles. The molecule has 21 heavy (non-hydrogen) atoms. The molecule has 0 amide bonds. The van der Waals surface area contributed by atoms with E-state index in [0.717, 1.165) is 17.1 Å². The van der Waals surface area contributed by atoms with Crippen molar-refractivity contribution in [1.29, 1.82) is 0 Å². The molecule has 0 radical (unpaired) electrons. The summed E-state index contributed by atoms with van der Waals surface area (Å²) in [4.78, 5) is 0. The van der Waals surface area contributed by atoms with Crippen LogP contribution in [0.25, 0.3) is 0 Å². The van der Waals surface area contributed by atoms with Gasteiger partial charge in [-0.15, -0.1) is 0 Å². The van der Waals surface area contributed by atoms with Gasteiger partial charge < -0.3 is 15.2 Å². The van der Waals surface area contributed by atoms with Gasteiger partial charge in [-0.2, -0.15) is 0 Å². The van der Waals surface area contributed by atoms with Crippen molar-refractivity contribution in [3.8, 4) is 11.5 Å². The molecule has 1 unspecified atom stereocenters. The van der Waals surface area contributed by atoms with E-state index in [2.05, 4.69) is 32.9 Å². The van der Waals surface area contributed by atoms with Gasteiger partial charge >= 0.3 is 0 Å². The second-order valence-corrected chi connectivity index (χ2v) is 5.69. The van der Waals surface area contributed by atoms with Crippen molar-refractivity contribution in [1.82, 2.24) is 0 Å². The lowest BCUT2D eigenvalue weighted by molar-refractivity contribution is 0.171. The van der Waals surface area contributed by atoms with Crippen molar-refractivity contribution in [2.45, 2.75) is 26.8 Å². The summed E-state index contributed by atoms with van der Waals surface area (Å²) in [5.41, 5.74) is 12.5. The van der Waals surface area contributed by atoms with Crippen LogP contribution < -0.4 is 15.2 Å². The lowest BCUT2D eigenvalue weighted by Gasteiger charge is -2.22. The van der Waals surface area contributed by atoms with Gasteiger partial charge in [-0.1, -0.05) is 23.8 Å². The van der Waals surface area contributed by atoms with Crippen LogP contribution in [0.15, 0.2) is 30.3 Å². The molecular formula is C18H21NO2. The van der Waals surface area contributed by atoms with Gasteiger partial charge in [0.1, 0.15) is 13.2 Å². The van der Waals surface area contributed by atoms with Crippen LogP contribution in [0.5, 0.6) is 11.5 Å². The van der Waals surface area contributed by atoms with Gasteiger partial charge in [0.05, 0.1) is 6.04 Å². The van der Waals surface area contributed by atoms with Crippen LogP contribution in [0.3, 0.4) is 0 Å². The monoisotopic (exact) mass is 283 g/mol. The molecule has 110 valence electrons. The Morgan fingerprint density at radius 1 is 0.905 bits per heavy atom. The Labute approximate surface area is 125 Å². The molecular weight excluding hydrogens is 262 g/mol. The predicted octanol–water partition coefficient (Wildman–Crippen LogP) is 3.43. The third kappa shape index (κ3) is 2.61. The van der Waals surface area contributed by atoms with E-state index in [9.17, 15) is 0 Å². The first-order valence-corrected chi connectivity index (χ1v) is 7.29. The molecule has 0 fully saturated rings. The summed E-state index contributed by atoms with van der Waals surface area (Å²) in [6.45, 7) is 7.54. The molecule has 0 aliphatic carbocycles. The topological polar surface area (TPSA) is 44.5 Å². The molecule has 0 saturated carbocycles. The van der Waals surface area contributed by atoms with Crippen LogP contribution >= 0.6 is 0 Å². The zero-order valence-electron chi connectivity index (χ0n) is 12.8. The molecule has 0 aromatic heterocycles. The van der Waals surface area contributed by atoms with E-state index < -0.39 is 0 Å². The molecule has 3 nitrogen and oxygen atoms in total. The SMILES string of the molecule is Cc1cc(C)c(C(N)c2ccc3c(c2)OCCO3)c(C)c1. The molecule has 0 saturated heterocycles. The summed E-state index contributed by atoms with van der Waals surface area (Å²) in [7, 11) is 0. The van der Waals surface area contributed by atoms with Crippen LogP contribution in [0, 0.1) is 20.8 Å². The molecule has 2 aromatic carbocycles. The minimum absolute atomic E-state index is 0.151. The highest BCUT2D eigenvalue weighted by molar-refractivity contribution is 5.49. The molecule has 3 heteroatoms. The van der Waals surface area contributed by atoms with E-state index in [1.807, 2.05) is 18.2 Å². The lowest BCUT2D eigenvalue weighted by atomic mass is 9.90. The number of fused-ring (bicyclic) bond motifs is 1. The van der Waals surface area contributed by atoms with Crippen molar-refractivity contribution < 1.29 is 9.47 Å². The molecule has 1 aliphatic rings. The number of hydrogen-bond donors (Lipinski definition) is 1. The van der Waals surface area contributed by atoms with E-state index in [4.69, 9.17) is 15.2 Å². The van der Waals surface area contributed by atoms with E-state index >= 15 is 0 Å². The summed E-state index contributed by atoms with van der Waals surface area (Å²) in [6.07, 6.45) is 0. The zero-order chi connectivity index (χ0) is 15.0. The summed E-state index contributed by atoms with van der Waals surface area (Å²) >= 11 is 0. The van der Waals surface area contributed by atoms with Gasteiger partial charge in [0.25, 0.3) is 0 Å². The molecule has 2 N–H and O–H groups in total. The normalized spacial score (nSPS) is 14.9. The van der Waals surface area contributed by atoms with E-state index in [1.165, 1.54) is 22.3 Å². The summed E-state index contributed by atoms with van der Waals surface area (Å²) in [5, 5.41) is 0. The second-order valence-electron chi connectivity index (χ2n) is 5.69. The van der Waals surface area contributed by atoms with Crippen molar-refractivity contribution >= 4 is 0 Å². The van der Waals surface area contributed by atoms with Crippen LogP contribution in [0.4, 0.5) is 0 Å². The van der Waals surface area contributed by atoms with E-state index in [0.29, 0.717) is 13.2 Å². The molecule has 0 bridgehead atoms. The maximum Gasteiger partial charge on any atom is 0.161 e. The maximum absolute atomic E-state index is 6.50. The maximum atomic E-state index is 6.50. The lowest BCUT2D eigenvalue weighted by Crippen LogP contribution is -2.18. The van der Waals surface area contributed by atoms with Gasteiger partial charge in [0.15, 0.2) is 11.5 Å². The van der Waals surface area contributed by atoms with Crippen LogP contribution in [0.1, 0.15) is 33.9 Å². The van der Waals surface area contributed by atoms with Crippen molar-refractivity contribution in [2.75, 3.05) is 13.2 Å². The van der Waals surface area contributed by atoms with Gasteiger partial charge in [-0.3, -0.25) is 0 Å². The Kier molecular flexibility index (Phi) is 3.60. The number of rotatable bonds is 2. The Morgan fingerprint density at radius 2 is 1.52 bits per heavy atom. The fraction of sp³-hybridized carbons (Fsp3) is 0.333. The minimum Gasteiger partial charge on any atom is -0.486 e.